The first-order chi connectivity index (χ1) is 9.02. The molecule has 0 radical (unpaired) electrons. The SMILES string of the molecule is CCCCC(CCC)C(N)(CCCCNO)C(=O)O. The Morgan fingerprint density at radius 3 is 2.37 bits per heavy atom. The van der Waals surface area contributed by atoms with Crippen molar-refractivity contribution in [1.82, 2.24) is 5.48 Å². The Bertz CT molecular complexity index is 249. The zero-order valence-corrected chi connectivity index (χ0v) is 12.3. The Morgan fingerprint density at radius 1 is 1.21 bits per heavy atom. The number of hydroxylamine groups is 1. The molecule has 0 fully saturated rings. The minimum atomic E-state index is -1.12. The predicted molar refractivity (Wildman–Crippen MR) is 76.1 cm³/mol. The number of nitrogens with one attached hydrogen (secondary N) is 1. The molecular weight excluding hydrogens is 244 g/mol. The highest BCUT2D eigenvalue weighted by molar-refractivity contribution is 5.78. The Labute approximate surface area is 116 Å². The third-order valence-corrected chi connectivity index (χ3v) is 3.80. The van der Waals surface area contributed by atoms with Gasteiger partial charge in [0, 0.05) is 6.54 Å². The van der Waals surface area contributed by atoms with Gasteiger partial charge >= 0.3 is 5.97 Å². The van der Waals surface area contributed by atoms with Crippen molar-refractivity contribution < 1.29 is 15.1 Å². The lowest BCUT2D eigenvalue weighted by Crippen LogP contribution is -2.54. The maximum Gasteiger partial charge on any atom is 0.323 e. The number of rotatable bonds is 12. The normalized spacial score (nSPS) is 16.0. The molecule has 0 rings (SSSR count). The van der Waals surface area contributed by atoms with Gasteiger partial charge in [0.1, 0.15) is 5.54 Å². The molecule has 5 nitrogen and oxygen atoms in total. The van der Waals surface area contributed by atoms with Crippen molar-refractivity contribution in [3.63, 3.8) is 0 Å². The van der Waals surface area contributed by atoms with Crippen LogP contribution < -0.4 is 11.2 Å². The molecule has 0 aromatic rings. The quantitative estimate of drug-likeness (QED) is 0.324. The van der Waals surface area contributed by atoms with E-state index in [1.165, 1.54) is 0 Å². The first-order valence-corrected chi connectivity index (χ1v) is 7.42. The number of carboxylic acids is 1. The fourth-order valence-corrected chi connectivity index (χ4v) is 2.57. The highest BCUT2D eigenvalue weighted by Gasteiger charge is 2.40. The summed E-state index contributed by atoms with van der Waals surface area (Å²) in [4.78, 5) is 11.6. The first-order valence-electron chi connectivity index (χ1n) is 7.42. The lowest BCUT2D eigenvalue weighted by molar-refractivity contribution is -0.146. The van der Waals surface area contributed by atoms with Gasteiger partial charge in [0.2, 0.25) is 0 Å². The molecule has 5 heteroatoms. The summed E-state index contributed by atoms with van der Waals surface area (Å²) in [5.74, 6) is -0.851. The number of carbonyl (C=O) groups is 1. The fourth-order valence-electron chi connectivity index (χ4n) is 2.57. The number of aliphatic carboxylic acids is 1. The molecule has 0 aliphatic carbocycles. The summed E-state index contributed by atoms with van der Waals surface area (Å²) in [6, 6.07) is 0. The van der Waals surface area contributed by atoms with Crippen LogP contribution in [0.4, 0.5) is 0 Å². The van der Waals surface area contributed by atoms with Crippen molar-refractivity contribution in [3.8, 4) is 0 Å². The second-order valence-electron chi connectivity index (χ2n) is 5.34. The van der Waals surface area contributed by atoms with Gasteiger partial charge < -0.3 is 16.0 Å². The van der Waals surface area contributed by atoms with Crippen molar-refractivity contribution in [2.24, 2.45) is 11.7 Å². The lowest BCUT2D eigenvalue weighted by Gasteiger charge is -2.34. The summed E-state index contributed by atoms with van der Waals surface area (Å²) >= 11 is 0. The Kier molecular flexibility index (Phi) is 9.83. The van der Waals surface area contributed by atoms with Crippen LogP contribution in [0.3, 0.4) is 0 Å². The van der Waals surface area contributed by atoms with Crippen LogP contribution in [0.5, 0.6) is 0 Å². The van der Waals surface area contributed by atoms with E-state index in [9.17, 15) is 9.90 Å². The van der Waals surface area contributed by atoms with Gasteiger partial charge in [-0.25, -0.2) is 5.48 Å². The van der Waals surface area contributed by atoms with E-state index in [-0.39, 0.29) is 5.92 Å². The van der Waals surface area contributed by atoms with Crippen LogP contribution >= 0.6 is 0 Å². The molecule has 2 atom stereocenters. The smallest absolute Gasteiger partial charge is 0.323 e. The number of hydrogen-bond acceptors (Lipinski definition) is 4. The molecule has 0 bridgehead atoms. The van der Waals surface area contributed by atoms with Crippen molar-refractivity contribution >= 4 is 5.97 Å². The molecule has 2 unspecified atom stereocenters. The molecule has 0 saturated heterocycles. The molecule has 114 valence electrons. The van der Waals surface area contributed by atoms with Gasteiger partial charge in [0.15, 0.2) is 0 Å². The van der Waals surface area contributed by atoms with E-state index in [0.29, 0.717) is 19.4 Å². The third kappa shape index (κ3) is 6.36. The standard InChI is InChI=1S/C14H30N2O3/c1-3-5-9-12(8-4-2)14(15,13(17)18)10-6-7-11-16-19/h12,16,19H,3-11,15H2,1-2H3,(H,17,18). The van der Waals surface area contributed by atoms with Gasteiger partial charge in [-0.1, -0.05) is 33.1 Å². The van der Waals surface area contributed by atoms with Gasteiger partial charge in [-0.2, -0.15) is 0 Å². The van der Waals surface area contributed by atoms with E-state index in [1.807, 2.05) is 0 Å². The highest BCUT2D eigenvalue weighted by Crippen LogP contribution is 2.30. The molecule has 0 heterocycles. The summed E-state index contributed by atoms with van der Waals surface area (Å²) in [5.41, 5.74) is 7.17. The van der Waals surface area contributed by atoms with Crippen LogP contribution in [0.25, 0.3) is 0 Å². The van der Waals surface area contributed by atoms with E-state index in [0.717, 1.165) is 38.5 Å². The number of carboxylic acid groups (broad SMARTS) is 1. The third-order valence-electron chi connectivity index (χ3n) is 3.80. The van der Waals surface area contributed by atoms with Gasteiger partial charge in [0.05, 0.1) is 0 Å². The summed E-state index contributed by atoms with van der Waals surface area (Å²) in [7, 11) is 0. The molecule has 19 heavy (non-hydrogen) atoms. The highest BCUT2D eigenvalue weighted by atomic mass is 16.5. The minimum absolute atomic E-state index is 0.0389. The van der Waals surface area contributed by atoms with Crippen molar-refractivity contribution in [1.29, 1.82) is 0 Å². The zero-order valence-electron chi connectivity index (χ0n) is 12.3. The van der Waals surface area contributed by atoms with Crippen LogP contribution in [0.1, 0.15) is 65.2 Å². The Morgan fingerprint density at radius 2 is 1.89 bits per heavy atom. The molecular formula is C14H30N2O3. The van der Waals surface area contributed by atoms with E-state index < -0.39 is 11.5 Å². The van der Waals surface area contributed by atoms with Crippen LogP contribution in [-0.4, -0.2) is 28.4 Å². The topological polar surface area (TPSA) is 95.6 Å². The molecule has 5 N–H and O–H groups in total. The number of unbranched alkanes of at least 4 members (excludes halogenated alkanes) is 2. The minimum Gasteiger partial charge on any atom is -0.480 e. The Balaban J connectivity index is 4.62. The van der Waals surface area contributed by atoms with Crippen LogP contribution in [0.15, 0.2) is 0 Å². The van der Waals surface area contributed by atoms with Crippen LogP contribution in [0, 0.1) is 5.92 Å². The van der Waals surface area contributed by atoms with Crippen molar-refractivity contribution in [3.05, 3.63) is 0 Å². The molecule has 0 aromatic carbocycles. The maximum absolute atomic E-state index is 11.6. The van der Waals surface area contributed by atoms with Crippen LogP contribution in [0.2, 0.25) is 0 Å². The maximum atomic E-state index is 11.6. The van der Waals surface area contributed by atoms with Crippen molar-refractivity contribution in [2.45, 2.75) is 70.8 Å². The largest absolute Gasteiger partial charge is 0.480 e. The molecule has 0 saturated carbocycles. The van der Waals surface area contributed by atoms with Crippen LogP contribution in [-0.2, 0) is 4.79 Å². The van der Waals surface area contributed by atoms with Gasteiger partial charge in [-0.15, -0.1) is 0 Å². The van der Waals surface area contributed by atoms with Crippen molar-refractivity contribution in [2.75, 3.05) is 6.54 Å². The van der Waals surface area contributed by atoms with E-state index in [2.05, 4.69) is 19.3 Å². The summed E-state index contributed by atoms with van der Waals surface area (Å²) in [6.07, 6.45) is 6.70. The predicted octanol–water partition coefficient (Wildman–Crippen LogP) is 2.52. The van der Waals surface area contributed by atoms with Gasteiger partial charge in [0.25, 0.3) is 0 Å². The van der Waals surface area contributed by atoms with E-state index in [1.54, 1.807) is 0 Å². The summed E-state index contributed by atoms with van der Waals surface area (Å²) in [5, 5.41) is 18.0. The fraction of sp³-hybridized carbons (Fsp3) is 0.929. The molecule has 0 aliphatic rings. The second kappa shape index (κ2) is 10.2. The van der Waals surface area contributed by atoms with Gasteiger partial charge in [-0.05, 0) is 38.0 Å². The summed E-state index contributed by atoms with van der Waals surface area (Å²) < 4.78 is 0. The zero-order chi connectivity index (χ0) is 14.7. The average molecular weight is 274 g/mol. The lowest BCUT2D eigenvalue weighted by atomic mass is 9.75. The number of nitrogens with two attached hydrogens (primary N) is 1. The van der Waals surface area contributed by atoms with Gasteiger partial charge in [-0.3, -0.25) is 4.79 Å². The molecule has 0 amide bonds. The van der Waals surface area contributed by atoms with E-state index in [4.69, 9.17) is 10.9 Å². The second-order valence-corrected chi connectivity index (χ2v) is 5.34. The first kappa shape index (κ1) is 18.4. The molecule has 0 aromatic heterocycles. The Hall–Kier alpha value is -0.650. The van der Waals surface area contributed by atoms with E-state index >= 15 is 0 Å². The molecule has 0 aliphatic heterocycles. The average Bonchev–Trinajstić information content (AvgIpc) is 2.39. The number of hydrogen-bond donors (Lipinski definition) is 4. The molecule has 0 spiro atoms. The monoisotopic (exact) mass is 274 g/mol. The summed E-state index contributed by atoms with van der Waals surface area (Å²) in [6.45, 7) is 4.65.